The number of hydrogen-bond acceptors (Lipinski definition) is 2. The SMILES string of the molecule is Cc1c(Br)cccc1NC(=O)C1(CN)CCCCCC1. The van der Waals surface area contributed by atoms with Crippen LogP contribution >= 0.6 is 15.9 Å². The summed E-state index contributed by atoms with van der Waals surface area (Å²) < 4.78 is 1.01. The lowest BCUT2D eigenvalue weighted by Gasteiger charge is -2.30. The summed E-state index contributed by atoms with van der Waals surface area (Å²) in [6, 6.07) is 5.86. The molecule has 0 bridgehead atoms. The lowest BCUT2D eigenvalue weighted by atomic mass is 9.79. The van der Waals surface area contributed by atoms with Crippen molar-refractivity contribution in [3.8, 4) is 0 Å². The normalized spacial score (nSPS) is 18.4. The Bertz CT molecular complexity index is 479. The fraction of sp³-hybridized carbons (Fsp3) is 0.562. The van der Waals surface area contributed by atoms with Gasteiger partial charge in [-0.15, -0.1) is 0 Å². The monoisotopic (exact) mass is 338 g/mol. The maximum Gasteiger partial charge on any atom is 0.231 e. The summed E-state index contributed by atoms with van der Waals surface area (Å²) in [5.41, 5.74) is 7.51. The molecule has 1 amide bonds. The molecule has 2 rings (SSSR count). The van der Waals surface area contributed by atoms with Gasteiger partial charge in [0.15, 0.2) is 0 Å². The average Bonchev–Trinajstić information content (AvgIpc) is 2.70. The van der Waals surface area contributed by atoms with Crippen molar-refractivity contribution in [1.29, 1.82) is 0 Å². The summed E-state index contributed by atoms with van der Waals surface area (Å²) in [4.78, 5) is 12.7. The third-order valence-corrected chi connectivity index (χ3v) is 5.31. The molecule has 110 valence electrons. The first-order valence-electron chi connectivity index (χ1n) is 7.36. The molecule has 1 fully saturated rings. The molecule has 1 aromatic carbocycles. The number of carbonyl (C=O) groups is 1. The van der Waals surface area contributed by atoms with Crippen LogP contribution in [0.5, 0.6) is 0 Å². The maximum absolute atomic E-state index is 12.7. The molecule has 3 nitrogen and oxygen atoms in total. The van der Waals surface area contributed by atoms with Crippen molar-refractivity contribution in [3.05, 3.63) is 28.2 Å². The lowest BCUT2D eigenvalue weighted by molar-refractivity contribution is -0.125. The Kier molecular flexibility index (Phi) is 5.22. The van der Waals surface area contributed by atoms with Gasteiger partial charge in [0.05, 0.1) is 5.41 Å². The van der Waals surface area contributed by atoms with Gasteiger partial charge in [0, 0.05) is 16.7 Å². The highest BCUT2D eigenvalue weighted by atomic mass is 79.9. The highest BCUT2D eigenvalue weighted by Crippen LogP contribution is 2.36. The summed E-state index contributed by atoms with van der Waals surface area (Å²) in [6.07, 6.45) is 6.44. The van der Waals surface area contributed by atoms with Gasteiger partial charge in [0.25, 0.3) is 0 Å². The first kappa shape index (κ1) is 15.5. The molecule has 0 aliphatic heterocycles. The standard InChI is InChI=1S/C16H23BrN2O/c1-12-13(17)7-6-8-14(12)19-15(20)16(11-18)9-4-2-3-5-10-16/h6-8H,2-5,9-11,18H2,1H3,(H,19,20). The third kappa shape index (κ3) is 3.23. The van der Waals surface area contributed by atoms with Crippen LogP contribution in [0.3, 0.4) is 0 Å². The Balaban J connectivity index is 2.18. The number of amides is 1. The largest absolute Gasteiger partial charge is 0.329 e. The molecule has 0 atom stereocenters. The topological polar surface area (TPSA) is 55.1 Å². The van der Waals surface area contributed by atoms with Gasteiger partial charge >= 0.3 is 0 Å². The van der Waals surface area contributed by atoms with Crippen molar-refractivity contribution < 1.29 is 4.79 Å². The molecule has 0 spiro atoms. The molecule has 1 aliphatic carbocycles. The highest BCUT2D eigenvalue weighted by molar-refractivity contribution is 9.10. The molecule has 20 heavy (non-hydrogen) atoms. The van der Waals surface area contributed by atoms with Crippen molar-refractivity contribution >= 4 is 27.5 Å². The molecule has 0 radical (unpaired) electrons. The van der Waals surface area contributed by atoms with E-state index in [1.807, 2.05) is 25.1 Å². The molecule has 1 aliphatic rings. The number of carbonyl (C=O) groups excluding carboxylic acids is 1. The van der Waals surface area contributed by atoms with E-state index in [1.54, 1.807) is 0 Å². The predicted molar refractivity (Wildman–Crippen MR) is 86.7 cm³/mol. The molecular formula is C16H23BrN2O. The molecule has 4 heteroatoms. The fourth-order valence-electron chi connectivity index (χ4n) is 2.93. The van der Waals surface area contributed by atoms with E-state index >= 15 is 0 Å². The van der Waals surface area contributed by atoms with Crippen molar-refractivity contribution in [2.75, 3.05) is 11.9 Å². The average molecular weight is 339 g/mol. The van der Waals surface area contributed by atoms with Gasteiger partial charge < -0.3 is 11.1 Å². The van der Waals surface area contributed by atoms with Crippen LogP contribution in [0, 0.1) is 12.3 Å². The minimum absolute atomic E-state index is 0.0862. The van der Waals surface area contributed by atoms with Crippen LogP contribution in [-0.4, -0.2) is 12.5 Å². The van der Waals surface area contributed by atoms with Crippen LogP contribution in [0.15, 0.2) is 22.7 Å². The van der Waals surface area contributed by atoms with E-state index in [0.29, 0.717) is 6.54 Å². The molecule has 0 aromatic heterocycles. The van der Waals surface area contributed by atoms with Crippen LogP contribution in [0.25, 0.3) is 0 Å². The Morgan fingerprint density at radius 3 is 2.55 bits per heavy atom. The van der Waals surface area contributed by atoms with Gasteiger partial charge in [0.2, 0.25) is 5.91 Å². The molecule has 0 saturated heterocycles. The first-order valence-corrected chi connectivity index (χ1v) is 8.15. The smallest absolute Gasteiger partial charge is 0.231 e. The van der Waals surface area contributed by atoms with Gasteiger partial charge in [-0.25, -0.2) is 0 Å². The second kappa shape index (κ2) is 6.72. The summed E-state index contributed by atoms with van der Waals surface area (Å²) in [5.74, 6) is 0.0862. The summed E-state index contributed by atoms with van der Waals surface area (Å²) in [5, 5.41) is 3.09. The van der Waals surface area contributed by atoms with Crippen LogP contribution in [0.2, 0.25) is 0 Å². The van der Waals surface area contributed by atoms with E-state index in [9.17, 15) is 4.79 Å². The zero-order chi connectivity index (χ0) is 14.6. The van der Waals surface area contributed by atoms with Crippen LogP contribution in [0.1, 0.15) is 44.1 Å². The van der Waals surface area contributed by atoms with E-state index < -0.39 is 0 Å². The number of anilines is 1. The Labute approximate surface area is 129 Å². The Morgan fingerprint density at radius 2 is 1.95 bits per heavy atom. The number of benzene rings is 1. The number of nitrogens with two attached hydrogens (primary N) is 1. The number of nitrogens with one attached hydrogen (secondary N) is 1. The summed E-state index contributed by atoms with van der Waals surface area (Å²) in [6.45, 7) is 2.44. The highest BCUT2D eigenvalue weighted by Gasteiger charge is 2.37. The van der Waals surface area contributed by atoms with Gasteiger partial charge in [-0.05, 0) is 37.5 Å². The van der Waals surface area contributed by atoms with Gasteiger partial charge in [-0.1, -0.05) is 47.7 Å². The number of halogens is 1. The second-order valence-corrected chi connectivity index (χ2v) is 6.62. The van der Waals surface area contributed by atoms with Gasteiger partial charge in [-0.3, -0.25) is 4.79 Å². The minimum Gasteiger partial charge on any atom is -0.329 e. The van der Waals surface area contributed by atoms with E-state index in [2.05, 4.69) is 21.2 Å². The molecule has 1 saturated carbocycles. The third-order valence-electron chi connectivity index (χ3n) is 4.45. The van der Waals surface area contributed by atoms with Gasteiger partial charge in [0.1, 0.15) is 0 Å². The predicted octanol–water partition coefficient (Wildman–Crippen LogP) is 4.00. The van der Waals surface area contributed by atoms with Crippen molar-refractivity contribution in [1.82, 2.24) is 0 Å². The Hall–Kier alpha value is -0.870. The quantitative estimate of drug-likeness (QED) is 0.818. The van der Waals surface area contributed by atoms with E-state index in [-0.39, 0.29) is 11.3 Å². The maximum atomic E-state index is 12.7. The molecule has 0 unspecified atom stereocenters. The second-order valence-electron chi connectivity index (χ2n) is 5.77. The molecule has 0 heterocycles. The zero-order valence-corrected chi connectivity index (χ0v) is 13.6. The van der Waals surface area contributed by atoms with E-state index in [1.165, 1.54) is 12.8 Å². The molecular weight excluding hydrogens is 316 g/mol. The van der Waals surface area contributed by atoms with Crippen LogP contribution in [0.4, 0.5) is 5.69 Å². The summed E-state index contributed by atoms with van der Waals surface area (Å²) >= 11 is 3.50. The van der Waals surface area contributed by atoms with Gasteiger partial charge in [-0.2, -0.15) is 0 Å². The van der Waals surface area contributed by atoms with Crippen LogP contribution < -0.4 is 11.1 Å². The van der Waals surface area contributed by atoms with Crippen molar-refractivity contribution in [3.63, 3.8) is 0 Å². The Morgan fingerprint density at radius 1 is 1.30 bits per heavy atom. The fourth-order valence-corrected chi connectivity index (χ4v) is 3.29. The van der Waals surface area contributed by atoms with E-state index in [0.717, 1.165) is 41.4 Å². The van der Waals surface area contributed by atoms with E-state index in [4.69, 9.17) is 5.73 Å². The van der Waals surface area contributed by atoms with Crippen LogP contribution in [-0.2, 0) is 4.79 Å². The lowest BCUT2D eigenvalue weighted by Crippen LogP contribution is -2.42. The number of rotatable bonds is 3. The zero-order valence-electron chi connectivity index (χ0n) is 12.0. The molecule has 1 aromatic rings. The molecule has 3 N–H and O–H groups in total. The minimum atomic E-state index is -0.384. The number of hydrogen-bond donors (Lipinski definition) is 2. The van der Waals surface area contributed by atoms with Crippen molar-refractivity contribution in [2.45, 2.75) is 45.4 Å². The first-order chi connectivity index (χ1) is 9.59. The summed E-state index contributed by atoms with van der Waals surface area (Å²) in [7, 11) is 0. The van der Waals surface area contributed by atoms with Crippen molar-refractivity contribution in [2.24, 2.45) is 11.1 Å².